The summed E-state index contributed by atoms with van der Waals surface area (Å²) in [5.41, 5.74) is -0.424. The number of carbonyl (C=O) groups excluding carboxylic acids is 1. The van der Waals surface area contributed by atoms with Gasteiger partial charge in [-0.2, -0.15) is 4.98 Å². The molecule has 1 unspecified atom stereocenters. The van der Waals surface area contributed by atoms with E-state index in [-0.39, 0.29) is 18.5 Å². The summed E-state index contributed by atoms with van der Waals surface area (Å²) in [5, 5.41) is 10.0. The van der Waals surface area contributed by atoms with Gasteiger partial charge in [0.1, 0.15) is 11.6 Å². The SMILES string of the molecule is COC1(c2noc(C3CNC(=O)CN3)n2)CCC(C)CC1. The Bertz CT molecular complexity index is 498. The summed E-state index contributed by atoms with van der Waals surface area (Å²) in [6.07, 6.45) is 4.04. The first-order valence-corrected chi connectivity index (χ1v) is 7.52. The van der Waals surface area contributed by atoms with Gasteiger partial charge >= 0.3 is 0 Å². The lowest BCUT2D eigenvalue weighted by molar-refractivity contribution is -0.121. The highest BCUT2D eigenvalue weighted by atomic mass is 16.5. The zero-order chi connectivity index (χ0) is 14.9. The van der Waals surface area contributed by atoms with Crippen LogP contribution in [0.15, 0.2) is 4.52 Å². The van der Waals surface area contributed by atoms with Gasteiger partial charge in [-0.25, -0.2) is 0 Å². The maximum absolute atomic E-state index is 11.2. The topological polar surface area (TPSA) is 89.3 Å². The maximum atomic E-state index is 11.2. The summed E-state index contributed by atoms with van der Waals surface area (Å²) in [6, 6.07) is -0.125. The first-order valence-electron chi connectivity index (χ1n) is 7.52. The average Bonchev–Trinajstić information content (AvgIpc) is 3.00. The lowest BCUT2D eigenvalue weighted by Crippen LogP contribution is -2.47. The molecule has 7 nitrogen and oxygen atoms in total. The van der Waals surface area contributed by atoms with Crippen molar-refractivity contribution in [3.63, 3.8) is 0 Å². The molecule has 1 aliphatic carbocycles. The molecular formula is C14H22N4O3. The van der Waals surface area contributed by atoms with Gasteiger partial charge in [0.15, 0.2) is 0 Å². The van der Waals surface area contributed by atoms with Crippen LogP contribution in [0, 0.1) is 5.92 Å². The Hall–Kier alpha value is -1.47. The van der Waals surface area contributed by atoms with Gasteiger partial charge in [0.25, 0.3) is 0 Å². The summed E-state index contributed by atoms with van der Waals surface area (Å²) in [5.74, 6) is 1.85. The van der Waals surface area contributed by atoms with Crippen LogP contribution < -0.4 is 10.6 Å². The minimum atomic E-state index is -0.424. The van der Waals surface area contributed by atoms with Crippen molar-refractivity contribution in [2.75, 3.05) is 20.2 Å². The largest absolute Gasteiger partial charge is 0.370 e. The van der Waals surface area contributed by atoms with Gasteiger partial charge in [-0.05, 0) is 31.6 Å². The molecule has 1 aromatic rings. The highest BCUT2D eigenvalue weighted by Gasteiger charge is 2.40. The number of rotatable bonds is 3. The standard InChI is InChI=1S/C14H22N4O3/c1-9-3-5-14(20-2,6-4-9)13-17-12(21-18-13)10-7-16-11(19)8-15-10/h9-10,15H,3-8H2,1-2H3,(H,16,19). The van der Waals surface area contributed by atoms with Crippen molar-refractivity contribution in [2.24, 2.45) is 5.92 Å². The number of piperazine rings is 1. The van der Waals surface area contributed by atoms with Crippen LogP contribution >= 0.6 is 0 Å². The predicted molar refractivity (Wildman–Crippen MR) is 74.4 cm³/mol. The summed E-state index contributed by atoms with van der Waals surface area (Å²) >= 11 is 0. The third-order valence-electron chi connectivity index (χ3n) is 4.63. The molecule has 2 fully saturated rings. The molecule has 0 radical (unpaired) electrons. The first kappa shape index (κ1) is 14.5. The maximum Gasteiger partial charge on any atom is 0.245 e. The molecule has 1 saturated heterocycles. The Morgan fingerprint density at radius 3 is 2.76 bits per heavy atom. The van der Waals surface area contributed by atoms with E-state index in [2.05, 4.69) is 27.7 Å². The molecule has 2 heterocycles. The second kappa shape index (κ2) is 5.73. The summed E-state index contributed by atoms with van der Waals surface area (Å²) in [4.78, 5) is 15.7. The fourth-order valence-corrected chi connectivity index (χ4v) is 3.05. The van der Waals surface area contributed by atoms with Crippen LogP contribution in [0.3, 0.4) is 0 Å². The van der Waals surface area contributed by atoms with E-state index >= 15 is 0 Å². The summed E-state index contributed by atoms with van der Waals surface area (Å²) < 4.78 is 11.1. The molecule has 21 heavy (non-hydrogen) atoms. The van der Waals surface area contributed by atoms with Gasteiger partial charge in [0.2, 0.25) is 17.6 Å². The Morgan fingerprint density at radius 1 is 1.38 bits per heavy atom. The fraction of sp³-hybridized carbons (Fsp3) is 0.786. The molecule has 0 aromatic carbocycles. The van der Waals surface area contributed by atoms with E-state index < -0.39 is 5.60 Å². The highest BCUT2D eigenvalue weighted by molar-refractivity contribution is 5.78. The third kappa shape index (κ3) is 2.80. The van der Waals surface area contributed by atoms with Crippen molar-refractivity contribution in [1.82, 2.24) is 20.8 Å². The molecule has 0 bridgehead atoms. The zero-order valence-corrected chi connectivity index (χ0v) is 12.5. The first-order chi connectivity index (χ1) is 10.1. The van der Waals surface area contributed by atoms with Gasteiger partial charge in [0, 0.05) is 13.7 Å². The van der Waals surface area contributed by atoms with Crippen LogP contribution in [0.4, 0.5) is 0 Å². The second-order valence-electron chi connectivity index (χ2n) is 6.07. The molecule has 1 amide bonds. The molecule has 1 saturated carbocycles. The van der Waals surface area contributed by atoms with E-state index in [1.54, 1.807) is 7.11 Å². The Balaban J connectivity index is 1.75. The lowest BCUT2D eigenvalue weighted by Gasteiger charge is -2.35. The normalized spacial score (nSPS) is 33.7. The van der Waals surface area contributed by atoms with E-state index in [4.69, 9.17) is 9.26 Å². The second-order valence-corrected chi connectivity index (χ2v) is 6.07. The molecule has 1 atom stereocenters. The number of carbonyl (C=O) groups is 1. The van der Waals surface area contributed by atoms with E-state index in [0.717, 1.165) is 31.6 Å². The van der Waals surface area contributed by atoms with Crippen molar-refractivity contribution in [1.29, 1.82) is 0 Å². The van der Waals surface area contributed by atoms with Gasteiger partial charge in [-0.15, -0.1) is 0 Å². The van der Waals surface area contributed by atoms with Crippen LogP contribution in [-0.4, -0.2) is 36.2 Å². The number of methoxy groups -OCH3 is 1. The number of hydrogen-bond acceptors (Lipinski definition) is 6. The van der Waals surface area contributed by atoms with E-state index in [0.29, 0.717) is 18.3 Å². The van der Waals surface area contributed by atoms with E-state index in [1.165, 1.54) is 0 Å². The van der Waals surface area contributed by atoms with Crippen molar-refractivity contribution >= 4 is 5.91 Å². The number of ether oxygens (including phenoxy) is 1. The number of amides is 1. The summed E-state index contributed by atoms with van der Waals surface area (Å²) in [7, 11) is 1.71. The van der Waals surface area contributed by atoms with Crippen LogP contribution in [0.25, 0.3) is 0 Å². The Kier molecular flexibility index (Phi) is 3.95. The molecule has 1 aliphatic heterocycles. The highest BCUT2D eigenvalue weighted by Crippen LogP contribution is 2.40. The third-order valence-corrected chi connectivity index (χ3v) is 4.63. The Morgan fingerprint density at radius 2 is 2.14 bits per heavy atom. The Labute approximate surface area is 123 Å². The van der Waals surface area contributed by atoms with Gasteiger partial charge in [0.05, 0.1) is 6.54 Å². The number of hydrogen-bond donors (Lipinski definition) is 2. The minimum absolute atomic E-state index is 0.0133. The van der Waals surface area contributed by atoms with Crippen LogP contribution in [0.2, 0.25) is 0 Å². The molecule has 0 spiro atoms. The predicted octanol–water partition coefficient (Wildman–Crippen LogP) is 0.882. The molecular weight excluding hydrogens is 272 g/mol. The van der Waals surface area contributed by atoms with Gasteiger partial charge in [-0.3, -0.25) is 10.1 Å². The number of nitrogens with one attached hydrogen (secondary N) is 2. The van der Waals surface area contributed by atoms with Crippen LogP contribution in [0.5, 0.6) is 0 Å². The molecule has 3 rings (SSSR count). The quantitative estimate of drug-likeness (QED) is 0.860. The van der Waals surface area contributed by atoms with Crippen LogP contribution in [-0.2, 0) is 15.1 Å². The van der Waals surface area contributed by atoms with E-state index in [9.17, 15) is 4.79 Å². The van der Waals surface area contributed by atoms with Gasteiger partial charge < -0.3 is 14.6 Å². The molecule has 2 aliphatic rings. The number of nitrogens with zero attached hydrogens (tertiary/aromatic N) is 2. The molecule has 7 heteroatoms. The molecule has 2 N–H and O–H groups in total. The molecule has 116 valence electrons. The van der Waals surface area contributed by atoms with Crippen molar-refractivity contribution < 1.29 is 14.1 Å². The minimum Gasteiger partial charge on any atom is -0.370 e. The van der Waals surface area contributed by atoms with Crippen molar-refractivity contribution in [2.45, 2.75) is 44.2 Å². The summed E-state index contributed by atoms with van der Waals surface area (Å²) in [6.45, 7) is 3.00. The van der Waals surface area contributed by atoms with E-state index in [1.807, 2.05) is 0 Å². The van der Waals surface area contributed by atoms with Crippen molar-refractivity contribution in [3.8, 4) is 0 Å². The lowest BCUT2D eigenvalue weighted by atomic mass is 9.79. The van der Waals surface area contributed by atoms with Crippen molar-refractivity contribution in [3.05, 3.63) is 11.7 Å². The smallest absolute Gasteiger partial charge is 0.245 e. The monoisotopic (exact) mass is 294 g/mol. The fourth-order valence-electron chi connectivity index (χ4n) is 3.05. The van der Waals surface area contributed by atoms with Crippen LogP contribution in [0.1, 0.15) is 50.4 Å². The number of aromatic nitrogens is 2. The zero-order valence-electron chi connectivity index (χ0n) is 12.5. The molecule has 1 aromatic heterocycles. The van der Waals surface area contributed by atoms with Gasteiger partial charge in [-0.1, -0.05) is 12.1 Å². The average molecular weight is 294 g/mol.